The third-order valence-corrected chi connectivity index (χ3v) is 2.02. The lowest BCUT2D eigenvalue weighted by molar-refractivity contribution is -0.0957. The van der Waals surface area contributed by atoms with E-state index in [-0.39, 0.29) is 6.61 Å². The summed E-state index contributed by atoms with van der Waals surface area (Å²) in [5.74, 6) is 0.388. The molecule has 0 aromatic heterocycles. The Morgan fingerprint density at radius 2 is 2.44 bits per heavy atom. The minimum absolute atomic E-state index is 0.279. The topological polar surface area (TPSA) is 29.5 Å². The van der Waals surface area contributed by atoms with E-state index in [9.17, 15) is 0 Å². The van der Waals surface area contributed by atoms with Gasteiger partial charge in [0, 0.05) is 19.1 Å². The molecule has 2 atom stereocenters. The van der Waals surface area contributed by atoms with Crippen LogP contribution >= 0.6 is 0 Å². The zero-order valence-electron chi connectivity index (χ0n) is 5.84. The van der Waals surface area contributed by atoms with E-state index in [4.69, 9.17) is 9.84 Å². The molecule has 1 rings (SSSR count). The molecule has 0 aromatic rings. The van der Waals surface area contributed by atoms with Crippen molar-refractivity contribution in [2.24, 2.45) is 5.92 Å². The first kappa shape index (κ1) is 7.03. The summed E-state index contributed by atoms with van der Waals surface area (Å²) >= 11 is 0. The molecule has 9 heavy (non-hydrogen) atoms. The maximum absolute atomic E-state index is 8.78. The van der Waals surface area contributed by atoms with Crippen LogP contribution in [0.1, 0.15) is 19.8 Å². The van der Waals surface area contributed by atoms with Crippen LogP contribution in [0, 0.1) is 5.92 Å². The summed E-state index contributed by atoms with van der Waals surface area (Å²) in [4.78, 5) is 0. The molecule has 0 aliphatic carbocycles. The Kier molecular flexibility index (Phi) is 2.49. The van der Waals surface area contributed by atoms with Crippen molar-refractivity contribution in [1.82, 2.24) is 0 Å². The van der Waals surface area contributed by atoms with Crippen molar-refractivity contribution in [3.8, 4) is 0 Å². The summed E-state index contributed by atoms with van der Waals surface area (Å²) in [7, 11) is 0. The number of aliphatic hydroxyl groups is 1. The Balaban J connectivity index is 2.19. The van der Waals surface area contributed by atoms with Gasteiger partial charge in [-0.25, -0.2) is 0 Å². The van der Waals surface area contributed by atoms with Crippen molar-refractivity contribution < 1.29 is 9.84 Å². The summed E-state index contributed by atoms with van der Waals surface area (Å²) in [5, 5.41) is 8.78. The first-order valence-electron chi connectivity index (χ1n) is 3.61. The van der Waals surface area contributed by atoms with E-state index >= 15 is 0 Å². The molecule has 1 saturated heterocycles. The van der Waals surface area contributed by atoms with Gasteiger partial charge in [0.15, 0.2) is 0 Å². The monoisotopic (exact) mass is 130 g/mol. The quantitative estimate of drug-likeness (QED) is 0.612. The molecule has 1 aliphatic rings. The standard InChI is InChI=1S/C7H14O2/c1-2-6(5-8)7-3-4-9-7/h6-8H,2-5H2,1H3. The largest absolute Gasteiger partial charge is 0.396 e. The molecule has 0 amide bonds. The van der Waals surface area contributed by atoms with Gasteiger partial charge in [-0.3, -0.25) is 0 Å². The second kappa shape index (κ2) is 3.18. The van der Waals surface area contributed by atoms with Crippen molar-refractivity contribution in [1.29, 1.82) is 0 Å². The molecule has 54 valence electrons. The molecule has 2 nitrogen and oxygen atoms in total. The van der Waals surface area contributed by atoms with E-state index in [1.165, 1.54) is 0 Å². The molecule has 0 aromatic carbocycles. The minimum atomic E-state index is 0.279. The van der Waals surface area contributed by atoms with E-state index < -0.39 is 0 Å². The maximum Gasteiger partial charge on any atom is 0.0647 e. The number of aliphatic hydroxyl groups excluding tert-OH is 1. The molecule has 2 unspecified atom stereocenters. The molecule has 2 heteroatoms. The van der Waals surface area contributed by atoms with Crippen LogP contribution in [0.5, 0.6) is 0 Å². The molecule has 0 radical (unpaired) electrons. The van der Waals surface area contributed by atoms with Gasteiger partial charge in [0.1, 0.15) is 0 Å². The summed E-state index contributed by atoms with van der Waals surface area (Å²) < 4.78 is 5.21. The van der Waals surface area contributed by atoms with Crippen molar-refractivity contribution >= 4 is 0 Å². The van der Waals surface area contributed by atoms with Crippen molar-refractivity contribution in [3.63, 3.8) is 0 Å². The van der Waals surface area contributed by atoms with E-state index in [0.717, 1.165) is 19.4 Å². The summed E-state index contributed by atoms with van der Waals surface area (Å²) in [6.45, 7) is 3.25. The van der Waals surface area contributed by atoms with Crippen LogP contribution in [0.4, 0.5) is 0 Å². The van der Waals surface area contributed by atoms with E-state index in [0.29, 0.717) is 12.0 Å². The Labute approximate surface area is 55.8 Å². The fourth-order valence-corrected chi connectivity index (χ4v) is 1.14. The number of rotatable bonds is 3. The van der Waals surface area contributed by atoms with E-state index in [1.54, 1.807) is 0 Å². The Hall–Kier alpha value is -0.0800. The van der Waals surface area contributed by atoms with Crippen LogP contribution in [-0.4, -0.2) is 24.4 Å². The Morgan fingerprint density at radius 1 is 1.78 bits per heavy atom. The molecule has 0 spiro atoms. The zero-order valence-corrected chi connectivity index (χ0v) is 5.84. The second-order valence-corrected chi connectivity index (χ2v) is 2.55. The SMILES string of the molecule is CCC(CO)C1CCO1. The van der Waals surface area contributed by atoms with Gasteiger partial charge in [-0.15, -0.1) is 0 Å². The fourth-order valence-electron chi connectivity index (χ4n) is 1.14. The van der Waals surface area contributed by atoms with Crippen molar-refractivity contribution in [3.05, 3.63) is 0 Å². The minimum Gasteiger partial charge on any atom is -0.396 e. The third kappa shape index (κ3) is 1.43. The predicted octanol–water partition coefficient (Wildman–Crippen LogP) is 0.794. The summed E-state index contributed by atoms with van der Waals surface area (Å²) in [6, 6.07) is 0. The lowest BCUT2D eigenvalue weighted by Gasteiger charge is -2.32. The Morgan fingerprint density at radius 3 is 2.56 bits per heavy atom. The summed E-state index contributed by atoms with van der Waals surface area (Å²) in [6.07, 6.45) is 2.53. The highest BCUT2D eigenvalue weighted by atomic mass is 16.5. The van der Waals surface area contributed by atoms with Crippen LogP contribution in [0.2, 0.25) is 0 Å². The van der Waals surface area contributed by atoms with Crippen molar-refractivity contribution in [2.75, 3.05) is 13.2 Å². The van der Waals surface area contributed by atoms with Gasteiger partial charge >= 0.3 is 0 Å². The highest BCUT2D eigenvalue weighted by Gasteiger charge is 2.25. The van der Waals surface area contributed by atoms with Crippen LogP contribution in [0.25, 0.3) is 0 Å². The smallest absolute Gasteiger partial charge is 0.0647 e. The lowest BCUT2D eigenvalue weighted by atomic mass is 9.95. The normalized spacial score (nSPS) is 29.3. The van der Waals surface area contributed by atoms with Crippen LogP contribution < -0.4 is 0 Å². The average Bonchev–Trinajstić information content (AvgIpc) is 1.78. The van der Waals surface area contributed by atoms with Crippen molar-refractivity contribution in [2.45, 2.75) is 25.9 Å². The third-order valence-electron chi connectivity index (χ3n) is 2.02. The van der Waals surface area contributed by atoms with Gasteiger partial charge in [0.2, 0.25) is 0 Å². The molecular formula is C7H14O2. The highest BCUT2D eigenvalue weighted by molar-refractivity contribution is 4.74. The van der Waals surface area contributed by atoms with E-state index in [1.807, 2.05) is 0 Å². The molecule has 1 fully saturated rings. The van der Waals surface area contributed by atoms with Gasteiger partial charge in [-0.05, 0) is 12.8 Å². The Bertz CT molecular complexity index is 75.0. The highest BCUT2D eigenvalue weighted by Crippen LogP contribution is 2.22. The number of ether oxygens (including phenoxy) is 1. The maximum atomic E-state index is 8.78. The molecular weight excluding hydrogens is 116 g/mol. The molecule has 0 saturated carbocycles. The van der Waals surface area contributed by atoms with Gasteiger partial charge in [-0.2, -0.15) is 0 Å². The lowest BCUT2D eigenvalue weighted by Crippen LogP contribution is -2.35. The first-order chi connectivity index (χ1) is 4.38. The molecule has 1 heterocycles. The fraction of sp³-hybridized carbons (Fsp3) is 1.00. The van der Waals surface area contributed by atoms with Gasteiger partial charge < -0.3 is 9.84 Å². The van der Waals surface area contributed by atoms with Crippen LogP contribution in [0.3, 0.4) is 0 Å². The second-order valence-electron chi connectivity index (χ2n) is 2.55. The van der Waals surface area contributed by atoms with E-state index in [2.05, 4.69) is 6.92 Å². The zero-order chi connectivity index (χ0) is 6.69. The molecule has 1 N–H and O–H groups in total. The summed E-state index contributed by atoms with van der Waals surface area (Å²) in [5.41, 5.74) is 0. The average molecular weight is 130 g/mol. The van der Waals surface area contributed by atoms with Crippen LogP contribution in [-0.2, 0) is 4.74 Å². The predicted molar refractivity (Wildman–Crippen MR) is 35.2 cm³/mol. The number of hydrogen-bond donors (Lipinski definition) is 1. The van der Waals surface area contributed by atoms with Gasteiger partial charge in [-0.1, -0.05) is 6.92 Å². The molecule has 1 aliphatic heterocycles. The molecule has 0 bridgehead atoms. The number of hydrogen-bond acceptors (Lipinski definition) is 2. The van der Waals surface area contributed by atoms with Crippen LogP contribution in [0.15, 0.2) is 0 Å². The van der Waals surface area contributed by atoms with Gasteiger partial charge in [0.25, 0.3) is 0 Å². The van der Waals surface area contributed by atoms with Gasteiger partial charge in [0.05, 0.1) is 6.10 Å². The first-order valence-corrected chi connectivity index (χ1v) is 3.61.